The molecule has 102 valence electrons. The summed E-state index contributed by atoms with van der Waals surface area (Å²) in [4.78, 5) is 12.3. The zero-order chi connectivity index (χ0) is 14.1. The van der Waals surface area contributed by atoms with E-state index >= 15 is 0 Å². The molecule has 0 aliphatic heterocycles. The van der Waals surface area contributed by atoms with Gasteiger partial charge in [-0.25, -0.2) is 4.39 Å². The summed E-state index contributed by atoms with van der Waals surface area (Å²) in [5, 5.41) is 0. The smallest absolute Gasteiger partial charge is 0.193 e. The third-order valence-electron chi connectivity index (χ3n) is 4.18. The van der Waals surface area contributed by atoms with E-state index in [-0.39, 0.29) is 11.6 Å². The Bertz CT molecular complexity index is 639. The van der Waals surface area contributed by atoms with Crippen molar-refractivity contribution in [1.82, 2.24) is 0 Å². The van der Waals surface area contributed by atoms with Crippen LogP contribution in [0.25, 0.3) is 0 Å². The highest BCUT2D eigenvalue weighted by Gasteiger charge is 2.19. The topological polar surface area (TPSA) is 17.1 Å². The minimum Gasteiger partial charge on any atom is -0.289 e. The molecule has 0 unspecified atom stereocenters. The molecule has 2 aromatic rings. The average Bonchev–Trinajstić information content (AvgIpc) is 2.40. The molecule has 1 aliphatic carbocycles. The zero-order valence-corrected chi connectivity index (χ0v) is 11.5. The van der Waals surface area contributed by atoms with E-state index in [1.807, 2.05) is 24.3 Å². The molecular weight excluding hydrogens is 251 g/mol. The number of hydrogen-bond donors (Lipinski definition) is 0. The van der Waals surface area contributed by atoms with Crippen molar-refractivity contribution < 1.29 is 9.18 Å². The van der Waals surface area contributed by atoms with Crippen LogP contribution in [0.15, 0.2) is 42.5 Å². The molecule has 0 spiro atoms. The Kier molecular flexibility index (Phi) is 3.39. The second-order valence-corrected chi connectivity index (χ2v) is 5.54. The second kappa shape index (κ2) is 5.20. The van der Waals surface area contributed by atoms with Gasteiger partial charge in [0.05, 0.1) is 0 Å². The number of hydrogen-bond acceptors (Lipinski definition) is 1. The molecule has 2 heteroatoms. The van der Waals surface area contributed by atoms with Crippen molar-refractivity contribution in [3.8, 4) is 0 Å². The van der Waals surface area contributed by atoms with Crippen LogP contribution >= 0.6 is 0 Å². The van der Waals surface area contributed by atoms with Crippen molar-refractivity contribution in [3.05, 3.63) is 70.5 Å². The number of carbonyl (C=O) groups excluding carboxylic acids is 1. The highest BCUT2D eigenvalue weighted by Crippen LogP contribution is 2.36. The van der Waals surface area contributed by atoms with Gasteiger partial charge in [-0.05, 0) is 42.9 Å². The number of carbonyl (C=O) groups is 1. The maximum atomic E-state index is 13.5. The van der Waals surface area contributed by atoms with Crippen LogP contribution in [0.4, 0.5) is 4.39 Å². The number of ketones is 1. The van der Waals surface area contributed by atoms with Gasteiger partial charge >= 0.3 is 0 Å². The van der Waals surface area contributed by atoms with Gasteiger partial charge in [-0.1, -0.05) is 42.8 Å². The summed E-state index contributed by atoms with van der Waals surface area (Å²) in [5.74, 6) is 0.210. The molecule has 0 radical (unpaired) electrons. The fourth-order valence-electron chi connectivity index (χ4n) is 2.55. The van der Waals surface area contributed by atoms with Gasteiger partial charge in [0.1, 0.15) is 5.82 Å². The van der Waals surface area contributed by atoms with Crippen LogP contribution < -0.4 is 0 Å². The molecule has 0 heterocycles. The lowest BCUT2D eigenvalue weighted by atomic mass is 9.80. The van der Waals surface area contributed by atoms with Gasteiger partial charge in [-0.15, -0.1) is 0 Å². The zero-order valence-electron chi connectivity index (χ0n) is 11.5. The molecule has 1 saturated carbocycles. The second-order valence-electron chi connectivity index (χ2n) is 5.54. The summed E-state index contributed by atoms with van der Waals surface area (Å²) in [6.45, 7) is 1.69. The Morgan fingerprint density at radius 1 is 1.05 bits per heavy atom. The van der Waals surface area contributed by atoms with E-state index in [0.29, 0.717) is 22.6 Å². The first-order valence-corrected chi connectivity index (χ1v) is 7.06. The molecule has 1 aliphatic rings. The number of halogens is 1. The molecule has 20 heavy (non-hydrogen) atoms. The van der Waals surface area contributed by atoms with Crippen LogP contribution in [0, 0.1) is 12.7 Å². The van der Waals surface area contributed by atoms with Crippen LogP contribution in [0.2, 0.25) is 0 Å². The minimum atomic E-state index is -0.332. The van der Waals surface area contributed by atoms with E-state index in [4.69, 9.17) is 0 Å². The lowest BCUT2D eigenvalue weighted by Crippen LogP contribution is -2.09. The van der Waals surface area contributed by atoms with Crippen molar-refractivity contribution >= 4 is 5.78 Å². The highest BCUT2D eigenvalue weighted by molar-refractivity contribution is 6.09. The van der Waals surface area contributed by atoms with Crippen LogP contribution in [0.1, 0.15) is 52.2 Å². The summed E-state index contributed by atoms with van der Waals surface area (Å²) < 4.78 is 13.5. The van der Waals surface area contributed by atoms with E-state index in [9.17, 15) is 9.18 Å². The molecule has 2 aromatic carbocycles. The quantitative estimate of drug-likeness (QED) is 0.741. The normalized spacial score (nSPS) is 14.9. The molecule has 3 rings (SSSR count). The number of aryl methyl sites for hydroxylation is 1. The molecule has 1 fully saturated rings. The van der Waals surface area contributed by atoms with Crippen LogP contribution in [-0.2, 0) is 0 Å². The molecule has 0 atom stereocenters. The Morgan fingerprint density at radius 3 is 2.25 bits per heavy atom. The van der Waals surface area contributed by atoms with Crippen molar-refractivity contribution in [2.45, 2.75) is 32.1 Å². The maximum Gasteiger partial charge on any atom is 0.193 e. The summed E-state index contributed by atoms with van der Waals surface area (Å²) >= 11 is 0. The number of benzene rings is 2. The monoisotopic (exact) mass is 268 g/mol. The van der Waals surface area contributed by atoms with E-state index in [0.717, 1.165) is 0 Å². The molecular formula is C18H17FO. The maximum absolute atomic E-state index is 13.5. The first kappa shape index (κ1) is 13.0. The third kappa shape index (κ3) is 2.38. The fourth-order valence-corrected chi connectivity index (χ4v) is 2.55. The van der Waals surface area contributed by atoms with Gasteiger partial charge in [-0.2, -0.15) is 0 Å². The Hall–Kier alpha value is -1.96. The predicted molar refractivity (Wildman–Crippen MR) is 77.6 cm³/mol. The standard InChI is InChI=1S/C18H17FO/c1-12-5-6-16(11-17(12)19)18(20)15-9-7-14(8-10-15)13-3-2-4-13/h5-11,13H,2-4H2,1H3. The molecule has 0 N–H and O–H groups in total. The van der Waals surface area contributed by atoms with E-state index in [1.165, 1.54) is 30.9 Å². The third-order valence-corrected chi connectivity index (χ3v) is 4.18. The number of rotatable bonds is 3. The van der Waals surface area contributed by atoms with Gasteiger partial charge in [-0.3, -0.25) is 4.79 Å². The van der Waals surface area contributed by atoms with E-state index in [2.05, 4.69) is 0 Å². The van der Waals surface area contributed by atoms with Gasteiger partial charge in [0.2, 0.25) is 0 Å². The largest absolute Gasteiger partial charge is 0.289 e. The first-order chi connectivity index (χ1) is 9.65. The Balaban J connectivity index is 1.84. The van der Waals surface area contributed by atoms with Crippen LogP contribution in [0.3, 0.4) is 0 Å². The Labute approximate surface area is 118 Å². The minimum absolute atomic E-state index is 0.121. The molecule has 0 amide bonds. The van der Waals surface area contributed by atoms with Gasteiger partial charge in [0, 0.05) is 11.1 Å². The predicted octanol–water partition coefficient (Wildman–Crippen LogP) is 4.63. The van der Waals surface area contributed by atoms with Gasteiger partial charge in [0.15, 0.2) is 5.78 Å². The lowest BCUT2D eigenvalue weighted by molar-refractivity contribution is 0.103. The van der Waals surface area contributed by atoms with Crippen molar-refractivity contribution in [2.75, 3.05) is 0 Å². The van der Waals surface area contributed by atoms with E-state index in [1.54, 1.807) is 19.1 Å². The molecule has 0 bridgehead atoms. The van der Waals surface area contributed by atoms with Gasteiger partial charge < -0.3 is 0 Å². The van der Waals surface area contributed by atoms with E-state index < -0.39 is 0 Å². The molecule has 0 saturated heterocycles. The van der Waals surface area contributed by atoms with Crippen LogP contribution in [-0.4, -0.2) is 5.78 Å². The highest BCUT2D eigenvalue weighted by atomic mass is 19.1. The molecule has 1 nitrogen and oxygen atoms in total. The lowest BCUT2D eigenvalue weighted by Gasteiger charge is -2.25. The molecule has 0 aromatic heterocycles. The first-order valence-electron chi connectivity index (χ1n) is 7.06. The summed E-state index contributed by atoms with van der Waals surface area (Å²) in [6.07, 6.45) is 3.79. The van der Waals surface area contributed by atoms with Crippen molar-refractivity contribution in [1.29, 1.82) is 0 Å². The van der Waals surface area contributed by atoms with Gasteiger partial charge in [0.25, 0.3) is 0 Å². The summed E-state index contributed by atoms with van der Waals surface area (Å²) in [6, 6.07) is 12.4. The summed E-state index contributed by atoms with van der Waals surface area (Å²) in [7, 11) is 0. The average molecular weight is 268 g/mol. The van der Waals surface area contributed by atoms with Crippen LogP contribution in [0.5, 0.6) is 0 Å². The summed E-state index contributed by atoms with van der Waals surface area (Å²) in [5.41, 5.74) is 2.89. The van der Waals surface area contributed by atoms with Crippen molar-refractivity contribution in [3.63, 3.8) is 0 Å². The van der Waals surface area contributed by atoms with Crippen molar-refractivity contribution in [2.24, 2.45) is 0 Å². The SMILES string of the molecule is Cc1ccc(C(=O)c2ccc(C3CCC3)cc2)cc1F. The Morgan fingerprint density at radius 2 is 1.70 bits per heavy atom. The fraction of sp³-hybridized carbons (Fsp3) is 0.278.